The van der Waals surface area contributed by atoms with E-state index >= 15 is 0 Å². The van der Waals surface area contributed by atoms with Crippen molar-refractivity contribution in [3.05, 3.63) is 46.3 Å². The average Bonchev–Trinajstić information content (AvgIpc) is 3.19. The van der Waals surface area contributed by atoms with Gasteiger partial charge in [0.25, 0.3) is 21.8 Å². The number of halogens is 1. The van der Waals surface area contributed by atoms with Crippen molar-refractivity contribution in [3.63, 3.8) is 0 Å². The first-order chi connectivity index (χ1) is 15.2. The van der Waals surface area contributed by atoms with Crippen molar-refractivity contribution >= 4 is 45.0 Å². The van der Waals surface area contributed by atoms with Crippen LogP contribution in [-0.4, -0.2) is 36.3 Å². The van der Waals surface area contributed by atoms with Gasteiger partial charge in [0, 0.05) is 17.3 Å². The van der Waals surface area contributed by atoms with Crippen LogP contribution in [0.4, 0.5) is 11.6 Å². The smallest absolute Gasteiger partial charge is 0.279 e. The summed E-state index contributed by atoms with van der Waals surface area (Å²) in [6, 6.07) is 5.59. The number of sulfonamides is 1. The summed E-state index contributed by atoms with van der Waals surface area (Å²) in [5.74, 6) is -0.895. The molecule has 9 nitrogen and oxygen atoms in total. The van der Waals surface area contributed by atoms with Gasteiger partial charge in [0.05, 0.1) is 10.6 Å². The lowest BCUT2D eigenvalue weighted by atomic mass is 9.94. The van der Waals surface area contributed by atoms with Gasteiger partial charge in [0.1, 0.15) is 10.7 Å². The number of imide groups is 1. The predicted molar refractivity (Wildman–Crippen MR) is 118 cm³/mol. The van der Waals surface area contributed by atoms with Crippen molar-refractivity contribution < 1.29 is 22.5 Å². The monoisotopic (exact) mass is 478 g/mol. The molecule has 11 heteroatoms. The Hall–Kier alpha value is -2.85. The molecular weight excluding hydrogens is 456 g/mol. The fourth-order valence-corrected chi connectivity index (χ4v) is 5.12. The van der Waals surface area contributed by atoms with E-state index in [4.69, 9.17) is 16.1 Å². The molecule has 1 fully saturated rings. The molecule has 1 saturated carbocycles. The lowest BCUT2D eigenvalue weighted by Crippen LogP contribution is -2.42. The van der Waals surface area contributed by atoms with Crippen LogP contribution in [0.2, 0.25) is 0 Å². The molecule has 2 amide bonds. The zero-order valence-electron chi connectivity index (χ0n) is 17.6. The van der Waals surface area contributed by atoms with Crippen LogP contribution in [0.5, 0.6) is 0 Å². The predicted octanol–water partition coefficient (Wildman–Crippen LogP) is 3.66. The first-order valence-corrected chi connectivity index (χ1v) is 12.2. The number of carbonyl (C=O) groups excluding carboxylic acids is 2. The van der Waals surface area contributed by atoms with E-state index in [1.165, 1.54) is 29.2 Å². The van der Waals surface area contributed by atoms with E-state index in [9.17, 15) is 18.0 Å². The molecule has 0 saturated heterocycles. The van der Waals surface area contributed by atoms with Crippen molar-refractivity contribution in [3.8, 4) is 0 Å². The molecule has 0 spiro atoms. The van der Waals surface area contributed by atoms with Crippen LogP contribution < -0.4 is 10.0 Å². The third kappa shape index (κ3) is 4.12. The standard InChI is InChI=1S/C21H23ClN4O5S/c1-12-13(2)24-31-19(12)25-32(29,30)16-10-8-14(9-11-16)23-18-17(22)20(27)26(21(18)28)15-6-4-3-5-7-15/h8-11,15,23,25H,3-7H2,1-2H3. The van der Waals surface area contributed by atoms with E-state index in [0.717, 1.165) is 32.1 Å². The minimum Gasteiger partial charge on any atom is -0.350 e. The van der Waals surface area contributed by atoms with Gasteiger partial charge in [-0.25, -0.2) is 13.1 Å². The van der Waals surface area contributed by atoms with E-state index in [1.807, 2.05) is 0 Å². The highest BCUT2D eigenvalue weighted by Gasteiger charge is 2.42. The number of benzene rings is 1. The summed E-state index contributed by atoms with van der Waals surface area (Å²) in [5.41, 5.74) is 1.62. The molecule has 2 aromatic rings. The third-order valence-electron chi connectivity index (χ3n) is 5.82. The lowest BCUT2D eigenvalue weighted by molar-refractivity contribution is -0.140. The second kappa shape index (κ2) is 8.59. The Bertz CT molecular complexity index is 1200. The Morgan fingerprint density at radius 1 is 1.06 bits per heavy atom. The maximum Gasteiger partial charge on any atom is 0.279 e. The van der Waals surface area contributed by atoms with Crippen LogP contribution in [0, 0.1) is 13.8 Å². The molecule has 4 rings (SSSR count). The maximum absolute atomic E-state index is 12.9. The molecule has 170 valence electrons. The fourth-order valence-electron chi connectivity index (χ4n) is 3.85. The number of aromatic nitrogens is 1. The minimum atomic E-state index is -3.90. The van der Waals surface area contributed by atoms with Gasteiger partial charge < -0.3 is 9.84 Å². The SMILES string of the molecule is Cc1noc(NS(=O)(=O)c2ccc(NC3=C(Cl)C(=O)N(C4CCCCC4)C3=O)cc2)c1C. The Kier molecular flexibility index (Phi) is 6.00. The van der Waals surface area contributed by atoms with Gasteiger partial charge >= 0.3 is 0 Å². The quantitative estimate of drug-likeness (QED) is 0.607. The maximum atomic E-state index is 12.9. The third-order valence-corrected chi connectivity index (χ3v) is 7.51. The number of aryl methyl sites for hydroxylation is 1. The molecule has 1 aromatic heterocycles. The molecular formula is C21H23ClN4O5S. The summed E-state index contributed by atoms with van der Waals surface area (Å²) in [6.07, 6.45) is 4.59. The molecule has 2 heterocycles. The number of nitrogens with zero attached hydrogens (tertiary/aromatic N) is 2. The van der Waals surface area contributed by atoms with Crippen molar-refractivity contribution in [2.24, 2.45) is 0 Å². The summed E-state index contributed by atoms with van der Waals surface area (Å²) in [6.45, 7) is 3.41. The van der Waals surface area contributed by atoms with Gasteiger partial charge in [-0.05, 0) is 51.0 Å². The molecule has 0 unspecified atom stereocenters. The molecule has 2 N–H and O–H groups in total. The van der Waals surface area contributed by atoms with E-state index in [0.29, 0.717) is 16.9 Å². The normalized spacial score (nSPS) is 17.9. The Morgan fingerprint density at radius 2 is 1.72 bits per heavy atom. The van der Waals surface area contributed by atoms with Crippen molar-refractivity contribution in [1.29, 1.82) is 0 Å². The Balaban J connectivity index is 1.49. The molecule has 0 atom stereocenters. The fraction of sp³-hybridized carbons (Fsp3) is 0.381. The largest absolute Gasteiger partial charge is 0.350 e. The number of rotatable bonds is 6. The average molecular weight is 479 g/mol. The highest BCUT2D eigenvalue weighted by molar-refractivity contribution is 7.92. The topological polar surface area (TPSA) is 122 Å². The van der Waals surface area contributed by atoms with Crippen molar-refractivity contribution in [1.82, 2.24) is 10.1 Å². The number of carbonyl (C=O) groups is 2. The highest BCUT2D eigenvalue weighted by atomic mass is 35.5. The Labute approximate surface area is 190 Å². The first-order valence-electron chi connectivity index (χ1n) is 10.3. The van der Waals surface area contributed by atoms with Crippen molar-refractivity contribution in [2.75, 3.05) is 10.0 Å². The number of nitrogens with one attached hydrogen (secondary N) is 2. The zero-order chi connectivity index (χ0) is 23.0. The number of hydrogen-bond acceptors (Lipinski definition) is 7. The second-order valence-corrected chi connectivity index (χ2v) is 10.00. The molecule has 0 radical (unpaired) electrons. The summed E-state index contributed by atoms with van der Waals surface area (Å²) >= 11 is 6.18. The summed E-state index contributed by atoms with van der Waals surface area (Å²) in [4.78, 5) is 26.7. The molecule has 0 bridgehead atoms. The van der Waals surface area contributed by atoms with E-state index in [2.05, 4.69) is 15.2 Å². The zero-order valence-corrected chi connectivity index (χ0v) is 19.2. The molecule has 2 aliphatic rings. The van der Waals surface area contributed by atoms with Gasteiger partial charge in [0.2, 0.25) is 5.88 Å². The van der Waals surface area contributed by atoms with Gasteiger partial charge in [0.15, 0.2) is 0 Å². The number of anilines is 2. The second-order valence-electron chi connectivity index (χ2n) is 7.94. The number of amides is 2. The molecule has 1 aromatic carbocycles. The van der Waals surface area contributed by atoms with Gasteiger partial charge in [-0.3, -0.25) is 14.5 Å². The van der Waals surface area contributed by atoms with Crippen LogP contribution in [0.25, 0.3) is 0 Å². The minimum absolute atomic E-state index is 0.00346. The lowest BCUT2D eigenvalue weighted by Gasteiger charge is -2.29. The van der Waals surface area contributed by atoms with Crippen LogP contribution in [0.15, 0.2) is 44.4 Å². The number of hydrogen-bond donors (Lipinski definition) is 2. The first kappa shape index (κ1) is 22.3. The van der Waals surface area contributed by atoms with Gasteiger partial charge in [-0.2, -0.15) is 0 Å². The molecule has 1 aliphatic heterocycles. The van der Waals surface area contributed by atoms with E-state index < -0.39 is 21.8 Å². The van der Waals surface area contributed by atoms with Crippen molar-refractivity contribution in [2.45, 2.75) is 56.9 Å². The van der Waals surface area contributed by atoms with E-state index in [-0.39, 0.29) is 27.6 Å². The molecule has 1 aliphatic carbocycles. The summed E-state index contributed by atoms with van der Waals surface area (Å²) in [5, 5.41) is 6.45. The highest BCUT2D eigenvalue weighted by Crippen LogP contribution is 2.32. The van der Waals surface area contributed by atoms with Crippen LogP contribution in [-0.2, 0) is 19.6 Å². The summed E-state index contributed by atoms with van der Waals surface area (Å²) in [7, 11) is -3.90. The van der Waals surface area contributed by atoms with E-state index in [1.54, 1.807) is 13.8 Å². The van der Waals surface area contributed by atoms with Crippen LogP contribution in [0.3, 0.4) is 0 Å². The van der Waals surface area contributed by atoms with Gasteiger partial charge in [-0.15, -0.1) is 0 Å². The van der Waals surface area contributed by atoms with Crippen LogP contribution in [0.1, 0.15) is 43.4 Å². The Morgan fingerprint density at radius 3 is 2.31 bits per heavy atom. The van der Waals surface area contributed by atoms with Crippen LogP contribution >= 0.6 is 11.6 Å². The van der Waals surface area contributed by atoms with Gasteiger partial charge in [-0.1, -0.05) is 36.0 Å². The molecule has 32 heavy (non-hydrogen) atoms. The summed E-state index contributed by atoms with van der Waals surface area (Å²) < 4.78 is 32.6.